The standard InChI is InChI=1S/C11H12N2O2/c1-2-7-13-11(15)10(12)8-3-5-9(14)6-4-8/h1,3-6,10,14H,7,12H2,(H,13,15)/t10-/m0/s1. The Morgan fingerprint density at radius 2 is 2.13 bits per heavy atom. The largest absolute Gasteiger partial charge is 0.508 e. The van der Waals surface area contributed by atoms with E-state index in [9.17, 15) is 4.79 Å². The molecule has 0 saturated carbocycles. The van der Waals surface area contributed by atoms with E-state index in [2.05, 4.69) is 11.2 Å². The van der Waals surface area contributed by atoms with Crippen molar-refractivity contribution in [2.45, 2.75) is 6.04 Å². The zero-order valence-corrected chi connectivity index (χ0v) is 8.10. The molecule has 1 aromatic rings. The fourth-order valence-electron chi connectivity index (χ4n) is 1.08. The Balaban J connectivity index is 2.68. The van der Waals surface area contributed by atoms with Crippen molar-refractivity contribution in [1.29, 1.82) is 0 Å². The van der Waals surface area contributed by atoms with Gasteiger partial charge in [-0.1, -0.05) is 18.1 Å². The minimum Gasteiger partial charge on any atom is -0.508 e. The molecule has 78 valence electrons. The Morgan fingerprint density at radius 1 is 1.53 bits per heavy atom. The van der Waals surface area contributed by atoms with E-state index in [0.29, 0.717) is 5.56 Å². The van der Waals surface area contributed by atoms with Crippen LogP contribution in [-0.2, 0) is 4.79 Å². The van der Waals surface area contributed by atoms with E-state index in [1.165, 1.54) is 12.1 Å². The molecule has 0 aliphatic carbocycles. The normalized spacial score (nSPS) is 11.5. The number of carbonyl (C=O) groups is 1. The third kappa shape index (κ3) is 3.01. The fraction of sp³-hybridized carbons (Fsp3) is 0.182. The van der Waals surface area contributed by atoms with Crippen molar-refractivity contribution in [2.24, 2.45) is 5.73 Å². The summed E-state index contributed by atoms with van der Waals surface area (Å²) in [7, 11) is 0. The Labute approximate surface area is 88.1 Å². The van der Waals surface area contributed by atoms with Crippen LogP contribution in [0.25, 0.3) is 0 Å². The first-order valence-electron chi connectivity index (χ1n) is 4.41. The molecular formula is C11H12N2O2. The minimum atomic E-state index is -0.765. The number of amides is 1. The number of nitrogens with one attached hydrogen (secondary N) is 1. The summed E-state index contributed by atoms with van der Waals surface area (Å²) in [5, 5.41) is 11.5. The van der Waals surface area contributed by atoms with Gasteiger partial charge in [-0.05, 0) is 17.7 Å². The van der Waals surface area contributed by atoms with E-state index in [-0.39, 0.29) is 18.2 Å². The van der Waals surface area contributed by atoms with Gasteiger partial charge >= 0.3 is 0 Å². The van der Waals surface area contributed by atoms with Crippen LogP contribution in [0.3, 0.4) is 0 Å². The third-order valence-corrected chi connectivity index (χ3v) is 1.90. The topological polar surface area (TPSA) is 75.4 Å². The van der Waals surface area contributed by atoms with Gasteiger partial charge in [0.2, 0.25) is 5.91 Å². The highest BCUT2D eigenvalue weighted by atomic mass is 16.3. The van der Waals surface area contributed by atoms with E-state index in [1.54, 1.807) is 12.1 Å². The number of hydrogen-bond donors (Lipinski definition) is 3. The monoisotopic (exact) mass is 204 g/mol. The van der Waals surface area contributed by atoms with Crippen molar-refractivity contribution in [3.8, 4) is 18.1 Å². The summed E-state index contributed by atoms with van der Waals surface area (Å²) in [5.41, 5.74) is 6.29. The van der Waals surface area contributed by atoms with Crippen LogP contribution < -0.4 is 11.1 Å². The molecule has 1 rings (SSSR count). The van der Waals surface area contributed by atoms with E-state index >= 15 is 0 Å². The molecule has 0 bridgehead atoms. The lowest BCUT2D eigenvalue weighted by Gasteiger charge is -2.10. The molecule has 0 aliphatic rings. The molecule has 0 spiro atoms. The number of phenolic OH excluding ortho intramolecular Hbond substituents is 1. The first-order valence-corrected chi connectivity index (χ1v) is 4.41. The molecule has 0 aromatic heterocycles. The number of carbonyl (C=O) groups excluding carboxylic acids is 1. The van der Waals surface area contributed by atoms with Gasteiger partial charge in [0.25, 0.3) is 0 Å². The highest BCUT2D eigenvalue weighted by Gasteiger charge is 2.14. The van der Waals surface area contributed by atoms with Crippen molar-refractivity contribution in [1.82, 2.24) is 5.32 Å². The van der Waals surface area contributed by atoms with Crippen LogP contribution >= 0.6 is 0 Å². The lowest BCUT2D eigenvalue weighted by Crippen LogP contribution is -2.34. The number of hydrogen-bond acceptors (Lipinski definition) is 3. The zero-order chi connectivity index (χ0) is 11.3. The third-order valence-electron chi connectivity index (χ3n) is 1.90. The predicted molar refractivity (Wildman–Crippen MR) is 56.9 cm³/mol. The first kappa shape index (κ1) is 11.1. The molecule has 0 radical (unpaired) electrons. The number of phenols is 1. The molecule has 1 atom stereocenters. The van der Waals surface area contributed by atoms with Gasteiger partial charge in [0, 0.05) is 0 Å². The molecule has 0 unspecified atom stereocenters. The van der Waals surface area contributed by atoms with E-state index in [1.807, 2.05) is 0 Å². The summed E-state index contributed by atoms with van der Waals surface area (Å²) in [6, 6.07) is 5.37. The zero-order valence-electron chi connectivity index (χ0n) is 8.10. The fourth-order valence-corrected chi connectivity index (χ4v) is 1.08. The minimum absolute atomic E-state index is 0.134. The average molecular weight is 204 g/mol. The molecule has 1 amide bonds. The van der Waals surface area contributed by atoms with Crippen LogP contribution in [0.4, 0.5) is 0 Å². The molecule has 4 N–H and O–H groups in total. The van der Waals surface area contributed by atoms with Crippen LogP contribution in [-0.4, -0.2) is 17.6 Å². The van der Waals surface area contributed by atoms with Crippen molar-refractivity contribution in [2.75, 3.05) is 6.54 Å². The number of nitrogens with two attached hydrogens (primary N) is 1. The number of benzene rings is 1. The summed E-state index contributed by atoms with van der Waals surface area (Å²) in [5.74, 6) is 2.09. The smallest absolute Gasteiger partial charge is 0.242 e. The Morgan fingerprint density at radius 3 is 2.67 bits per heavy atom. The molecular weight excluding hydrogens is 192 g/mol. The quantitative estimate of drug-likeness (QED) is 0.613. The van der Waals surface area contributed by atoms with E-state index in [4.69, 9.17) is 17.3 Å². The van der Waals surface area contributed by atoms with Crippen LogP contribution in [0.1, 0.15) is 11.6 Å². The average Bonchev–Trinajstić information content (AvgIpc) is 2.26. The van der Waals surface area contributed by atoms with Gasteiger partial charge in [-0.3, -0.25) is 4.79 Å². The van der Waals surface area contributed by atoms with E-state index in [0.717, 1.165) is 0 Å². The second kappa shape index (κ2) is 5.03. The van der Waals surface area contributed by atoms with Crippen LogP contribution in [0.15, 0.2) is 24.3 Å². The van der Waals surface area contributed by atoms with Crippen LogP contribution in [0, 0.1) is 12.3 Å². The number of rotatable bonds is 3. The van der Waals surface area contributed by atoms with Crippen molar-refractivity contribution in [3.63, 3.8) is 0 Å². The lowest BCUT2D eigenvalue weighted by molar-refractivity contribution is -0.122. The van der Waals surface area contributed by atoms with Gasteiger partial charge < -0.3 is 16.2 Å². The maximum Gasteiger partial charge on any atom is 0.242 e. The molecule has 0 heterocycles. The lowest BCUT2D eigenvalue weighted by atomic mass is 10.1. The second-order valence-corrected chi connectivity index (χ2v) is 2.99. The summed E-state index contributed by atoms with van der Waals surface area (Å²) in [6.45, 7) is 0.157. The van der Waals surface area contributed by atoms with Crippen molar-refractivity contribution in [3.05, 3.63) is 29.8 Å². The summed E-state index contributed by atoms with van der Waals surface area (Å²) in [4.78, 5) is 11.4. The molecule has 4 nitrogen and oxygen atoms in total. The summed E-state index contributed by atoms with van der Waals surface area (Å²) < 4.78 is 0. The summed E-state index contributed by atoms with van der Waals surface area (Å²) >= 11 is 0. The highest BCUT2D eigenvalue weighted by molar-refractivity contribution is 5.83. The van der Waals surface area contributed by atoms with Gasteiger partial charge in [0.15, 0.2) is 0 Å². The summed E-state index contributed by atoms with van der Waals surface area (Å²) in [6.07, 6.45) is 5.00. The van der Waals surface area contributed by atoms with Gasteiger partial charge in [0.1, 0.15) is 11.8 Å². The van der Waals surface area contributed by atoms with Gasteiger partial charge in [-0.15, -0.1) is 6.42 Å². The SMILES string of the molecule is C#CCNC(=O)[C@@H](N)c1ccc(O)cc1. The maximum atomic E-state index is 11.4. The predicted octanol–water partition coefficient (Wildman–Crippen LogP) is 0.141. The van der Waals surface area contributed by atoms with Crippen molar-refractivity contribution < 1.29 is 9.90 Å². The molecule has 0 saturated heterocycles. The van der Waals surface area contributed by atoms with Crippen molar-refractivity contribution >= 4 is 5.91 Å². The van der Waals surface area contributed by atoms with Gasteiger partial charge in [-0.25, -0.2) is 0 Å². The van der Waals surface area contributed by atoms with Gasteiger partial charge in [-0.2, -0.15) is 0 Å². The van der Waals surface area contributed by atoms with E-state index < -0.39 is 6.04 Å². The Kier molecular flexibility index (Phi) is 3.72. The molecule has 0 fully saturated rings. The molecule has 1 aromatic carbocycles. The number of terminal acetylenes is 1. The Hall–Kier alpha value is -1.99. The molecule has 15 heavy (non-hydrogen) atoms. The number of aromatic hydroxyl groups is 1. The first-order chi connectivity index (χ1) is 7.15. The molecule has 0 aliphatic heterocycles. The highest BCUT2D eigenvalue weighted by Crippen LogP contribution is 2.14. The van der Waals surface area contributed by atoms with Crippen LogP contribution in [0.5, 0.6) is 5.75 Å². The molecule has 4 heteroatoms. The second-order valence-electron chi connectivity index (χ2n) is 2.99. The Bertz CT molecular complexity index is 379. The maximum absolute atomic E-state index is 11.4. The van der Waals surface area contributed by atoms with Gasteiger partial charge in [0.05, 0.1) is 6.54 Å². The van der Waals surface area contributed by atoms with Crippen LogP contribution in [0.2, 0.25) is 0 Å².